The summed E-state index contributed by atoms with van der Waals surface area (Å²) in [7, 11) is 0. The number of benzene rings is 1. The zero-order chi connectivity index (χ0) is 14.9. The maximum Gasteiger partial charge on any atom is 0.317 e. The average molecular weight is 309 g/mol. The van der Waals surface area contributed by atoms with Gasteiger partial charge in [0.05, 0.1) is 12.6 Å². The average Bonchev–Trinajstić information content (AvgIpc) is 3.12. The van der Waals surface area contributed by atoms with Gasteiger partial charge in [-0.05, 0) is 37.3 Å². The molecule has 1 saturated heterocycles. The third kappa shape index (κ3) is 2.87. The van der Waals surface area contributed by atoms with E-state index in [0.717, 1.165) is 42.8 Å². The molecule has 1 aromatic rings. The fourth-order valence-electron chi connectivity index (χ4n) is 3.22. The van der Waals surface area contributed by atoms with E-state index in [4.69, 9.17) is 11.6 Å². The molecule has 3 rings (SSSR count). The summed E-state index contributed by atoms with van der Waals surface area (Å²) >= 11 is 6.28. The number of rotatable bonds is 4. The molecule has 21 heavy (non-hydrogen) atoms. The summed E-state index contributed by atoms with van der Waals surface area (Å²) in [4.78, 5) is 14.0. The van der Waals surface area contributed by atoms with Gasteiger partial charge in [0.15, 0.2) is 0 Å². The molecule has 2 N–H and O–H groups in total. The van der Waals surface area contributed by atoms with Gasteiger partial charge in [0, 0.05) is 23.5 Å². The molecule has 2 fully saturated rings. The first kappa shape index (κ1) is 14.7. The van der Waals surface area contributed by atoms with Crippen molar-refractivity contribution in [3.63, 3.8) is 0 Å². The van der Waals surface area contributed by atoms with E-state index in [1.54, 1.807) is 4.90 Å². The van der Waals surface area contributed by atoms with E-state index in [9.17, 15) is 9.90 Å². The molecule has 5 heteroatoms. The highest BCUT2D eigenvalue weighted by atomic mass is 35.5. The summed E-state index contributed by atoms with van der Waals surface area (Å²) in [5.41, 5.74) is 1.13. The zero-order valence-corrected chi connectivity index (χ0v) is 12.8. The molecular formula is C16H21ClN2O2. The molecule has 4 nitrogen and oxygen atoms in total. The van der Waals surface area contributed by atoms with Gasteiger partial charge < -0.3 is 15.3 Å². The van der Waals surface area contributed by atoms with Crippen LogP contribution >= 0.6 is 11.6 Å². The van der Waals surface area contributed by atoms with Gasteiger partial charge in [-0.15, -0.1) is 0 Å². The van der Waals surface area contributed by atoms with Crippen molar-refractivity contribution in [1.82, 2.24) is 10.2 Å². The molecule has 0 bridgehead atoms. The molecular weight excluding hydrogens is 288 g/mol. The molecule has 114 valence electrons. The van der Waals surface area contributed by atoms with Crippen LogP contribution < -0.4 is 5.32 Å². The van der Waals surface area contributed by atoms with Crippen LogP contribution in [0.15, 0.2) is 24.3 Å². The topological polar surface area (TPSA) is 52.6 Å². The second kappa shape index (κ2) is 5.85. The van der Waals surface area contributed by atoms with Gasteiger partial charge in [-0.1, -0.05) is 29.8 Å². The minimum atomic E-state index is -0.0649. The number of nitrogens with one attached hydrogen (secondary N) is 1. The number of aliphatic hydroxyl groups excluding tert-OH is 1. The molecule has 0 spiro atoms. The molecule has 1 saturated carbocycles. The normalized spacial score (nSPS) is 23.1. The highest BCUT2D eigenvalue weighted by molar-refractivity contribution is 6.31. The first-order chi connectivity index (χ1) is 10.2. The number of hydrogen-bond acceptors (Lipinski definition) is 2. The number of hydrogen-bond donors (Lipinski definition) is 2. The van der Waals surface area contributed by atoms with Crippen molar-refractivity contribution < 1.29 is 9.90 Å². The fourth-order valence-corrected chi connectivity index (χ4v) is 3.56. The highest BCUT2D eigenvalue weighted by Crippen LogP contribution is 2.49. The Morgan fingerprint density at radius 1 is 1.43 bits per heavy atom. The Labute approximate surface area is 130 Å². The number of halogens is 1. The lowest BCUT2D eigenvalue weighted by Gasteiger charge is -2.25. The Balaban J connectivity index is 1.63. The fraction of sp³-hybridized carbons (Fsp3) is 0.562. The molecule has 1 aliphatic carbocycles. The Hall–Kier alpha value is -1.26. The zero-order valence-electron chi connectivity index (χ0n) is 12.0. The van der Waals surface area contributed by atoms with Crippen molar-refractivity contribution in [2.75, 3.05) is 19.7 Å². The second-order valence-corrected chi connectivity index (χ2v) is 6.50. The standard InChI is InChI=1S/C16H21ClN2O2/c17-14-6-2-1-5-13(14)16(7-8-16)11-18-15(21)19-9-3-4-12(19)10-20/h1-2,5-6,12,20H,3-4,7-11H2,(H,18,21)/t12-/m0/s1. The van der Waals surface area contributed by atoms with Crippen LogP contribution in [0.1, 0.15) is 31.2 Å². The minimum absolute atomic E-state index is 0.00242. The molecule has 1 aliphatic heterocycles. The first-order valence-electron chi connectivity index (χ1n) is 7.57. The number of carbonyl (C=O) groups excluding carboxylic acids is 1. The van der Waals surface area contributed by atoms with E-state index in [0.29, 0.717) is 6.54 Å². The molecule has 1 heterocycles. The lowest BCUT2D eigenvalue weighted by atomic mass is 9.96. The van der Waals surface area contributed by atoms with Crippen LogP contribution in [0.2, 0.25) is 5.02 Å². The number of amides is 2. The predicted molar refractivity (Wildman–Crippen MR) is 82.6 cm³/mol. The number of carbonyl (C=O) groups is 1. The largest absolute Gasteiger partial charge is 0.394 e. The molecule has 0 radical (unpaired) electrons. The minimum Gasteiger partial charge on any atom is -0.394 e. The van der Waals surface area contributed by atoms with E-state index in [-0.39, 0.29) is 24.1 Å². The van der Waals surface area contributed by atoms with Crippen LogP contribution in [0.25, 0.3) is 0 Å². The molecule has 2 aliphatic rings. The van der Waals surface area contributed by atoms with Crippen LogP contribution in [0, 0.1) is 0 Å². The molecule has 0 unspecified atom stereocenters. The van der Waals surface area contributed by atoms with Crippen molar-refractivity contribution in [3.05, 3.63) is 34.9 Å². The number of nitrogens with zero attached hydrogens (tertiary/aromatic N) is 1. The van der Waals surface area contributed by atoms with Crippen molar-refractivity contribution >= 4 is 17.6 Å². The summed E-state index contributed by atoms with van der Waals surface area (Å²) in [6, 6.07) is 7.78. The monoisotopic (exact) mass is 308 g/mol. The van der Waals surface area contributed by atoms with Gasteiger partial charge in [-0.3, -0.25) is 0 Å². The summed E-state index contributed by atoms with van der Waals surface area (Å²) in [6.45, 7) is 1.39. The quantitative estimate of drug-likeness (QED) is 0.898. The van der Waals surface area contributed by atoms with E-state index in [1.165, 1.54) is 0 Å². The molecule has 2 amide bonds. The Kier molecular flexibility index (Phi) is 4.09. The maximum atomic E-state index is 12.3. The first-order valence-corrected chi connectivity index (χ1v) is 7.94. The Morgan fingerprint density at radius 3 is 2.86 bits per heavy atom. The lowest BCUT2D eigenvalue weighted by Crippen LogP contribution is -2.46. The Morgan fingerprint density at radius 2 is 2.19 bits per heavy atom. The number of urea groups is 1. The van der Waals surface area contributed by atoms with Gasteiger partial charge in [0.1, 0.15) is 0 Å². The van der Waals surface area contributed by atoms with Gasteiger partial charge in [0.2, 0.25) is 0 Å². The van der Waals surface area contributed by atoms with Gasteiger partial charge >= 0.3 is 6.03 Å². The highest BCUT2D eigenvalue weighted by Gasteiger charge is 2.46. The summed E-state index contributed by atoms with van der Waals surface area (Å²) in [6.07, 6.45) is 3.97. The smallest absolute Gasteiger partial charge is 0.317 e. The van der Waals surface area contributed by atoms with E-state index in [1.807, 2.05) is 24.3 Å². The van der Waals surface area contributed by atoms with Crippen molar-refractivity contribution in [2.24, 2.45) is 0 Å². The maximum absolute atomic E-state index is 12.3. The van der Waals surface area contributed by atoms with Crippen molar-refractivity contribution in [2.45, 2.75) is 37.1 Å². The van der Waals surface area contributed by atoms with Crippen LogP contribution in [0.5, 0.6) is 0 Å². The third-order valence-corrected chi connectivity index (χ3v) is 5.06. The Bertz CT molecular complexity index is 531. The van der Waals surface area contributed by atoms with Crippen LogP contribution in [-0.2, 0) is 5.41 Å². The van der Waals surface area contributed by atoms with E-state index >= 15 is 0 Å². The van der Waals surface area contributed by atoms with Gasteiger partial charge in [-0.2, -0.15) is 0 Å². The van der Waals surface area contributed by atoms with Crippen molar-refractivity contribution in [1.29, 1.82) is 0 Å². The van der Waals surface area contributed by atoms with Gasteiger partial charge in [0.25, 0.3) is 0 Å². The lowest BCUT2D eigenvalue weighted by molar-refractivity contribution is 0.156. The van der Waals surface area contributed by atoms with Crippen molar-refractivity contribution in [3.8, 4) is 0 Å². The predicted octanol–water partition coefficient (Wildman–Crippen LogP) is 2.54. The SMILES string of the molecule is O=C(NCC1(c2ccccc2Cl)CC1)N1CCC[C@H]1CO. The van der Waals surface area contributed by atoms with Crippen LogP contribution in [0.4, 0.5) is 4.79 Å². The van der Waals surface area contributed by atoms with E-state index < -0.39 is 0 Å². The number of aliphatic hydroxyl groups is 1. The van der Waals surface area contributed by atoms with Crippen LogP contribution in [0.3, 0.4) is 0 Å². The molecule has 1 atom stereocenters. The second-order valence-electron chi connectivity index (χ2n) is 6.09. The molecule has 0 aromatic heterocycles. The summed E-state index contributed by atoms with van der Waals surface area (Å²) in [5, 5.41) is 13.1. The third-order valence-electron chi connectivity index (χ3n) is 4.73. The van der Waals surface area contributed by atoms with Gasteiger partial charge in [-0.25, -0.2) is 4.79 Å². The molecule has 1 aromatic carbocycles. The van der Waals surface area contributed by atoms with Crippen LogP contribution in [-0.4, -0.2) is 41.8 Å². The summed E-state index contributed by atoms with van der Waals surface area (Å²) in [5.74, 6) is 0. The van der Waals surface area contributed by atoms with E-state index in [2.05, 4.69) is 5.32 Å². The summed E-state index contributed by atoms with van der Waals surface area (Å²) < 4.78 is 0. The number of likely N-dealkylation sites (tertiary alicyclic amines) is 1.